The number of piperidine rings is 1. The van der Waals surface area contributed by atoms with Crippen molar-refractivity contribution in [1.82, 2.24) is 9.80 Å². The van der Waals surface area contributed by atoms with Crippen LogP contribution in [-0.4, -0.2) is 54.1 Å². The van der Waals surface area contributed by atoms with Gasteiger partial charge < -0.3 is 10.8 Å². The lowest BCUT2D eigenvalue weighted by Gasteiger charge is -2.45. The average Bonchev–Trinajstić information content (AvgIpc) is 2.54. The van der Waals surface area contributed by atoms with Crippen molar-refractivity contribution in [3.8, 4) is 0 Å². The van der Waals surface area contributed by atoms with Gasteiger partial charge >= 0.3 is 5.97 Å². The first-order chi connectivity index (χ1) is 11.0. The molecule has 1 aromatic carbocycles. The van der Waals surface area contributed by atoms with Crippen LogP contribution in [0.2, 0.25) is 5.02 Å². The number of fused-ring (bicyclic) bond motifs is 1. The van der Waals surface area contributed by atoms with Gasteiger partial charge in [0.15, 0.2) is 0 Å². The first-order valence-corrected chi connectivity index (χ1v) is 8.55. The number of aliphatic carboxylic acids is 1. The first-order valence-electron chi connectivity index (χ1n) is 8.17. The molecule has 0 spiro atoms. The molecule has 23 heavy (non-hydrogen) atoms. The second kappa shape index (κ2) is 6.77. The molecule has 0 radical (unpaired) electrons. The minimum atomic E-state index is -0.685. The van der Waals surface area contributed by atoms with Crippen LogP contribution < -0.4 is 5.73 Å². The Balaban J connectivity index is 1.92. The summed E-state index contributed by atoms with van der Waals surface area (Å²) in [6.07, 6.45) is 1.70. The van der Waals surface area contributed by atoms with E-state index in [2.05, 4.69) is 22.9 Å². The highest BCUT2D eigenvalue weighted by Crippen LogP contribution is 2.39. The summed E-state index contributed by atoms with van der Waals surface area (Å²) >= 11 is 6.19. The molecule has 0 amide bonds. The molecule has 1 aromatic rings. The van der Waals surface area contributed by atoms with Crippen LogP contribution in [0, 0.1) is 5.92 Å². The zero-order chi connectivity index (χ0) is 16.6. The molecule has 1 fully saturated rings. The van der Waals surface area contributed by atoms with E-state index in [1.165, 1.54) is 11.1 Å². The maximum absolute atomic E-state index is 11.4. The zero-order valence-electron chi connectivity index (χ0n) is 13.4. The fourth-order valence-electron chi connectivity index (χ4n) is 3.98. The Labute approximate surface area is 142 Å². The van der Waals surface area contributed by atoms with E-state index in [9.17, 15) is 9.90 Å². The molecule has 0 aromatic heterocycles. The molecule has 2 aliphatic heterocycles. The number of likely N-dealkylation sites (N-methyl/N-ethyl adjacent to an activating group) is 1. The summed E-state index contributed by atoms with van der Waals surface area (Å²) in [6.45, 7) is 2.97. The molecule has 2 heterocycles. The van der Waals surface area contributed by atoms with Crippen LogP contribution in [0.15, 0.2) is 18.2 Å². The molecule has 3 atom stereocenters. The fourth-order valence-corrected chi connectivity index (χ4v) is 4.16. The maximum atomic E-state index is 11.4. The van der Waals surface area contributed by atoms with Crippen molar-refractivity contribution in [3.63, 3.8) is 0 Å². The van der Waals surface area contributed by atoms with Gasteiger partial charge in [0.05, 0.1) is 5.92 Å². The lowest BCUT2D eigenvalue weighted by molar-refractivity contribution is -0.144. The summed E-state index contributed by atoms with van der Waals surface area (Å²) in [7, 11) is 2.08. The van der Waals surface area contributed by atoms with Crippen LogP contribution in [0.4, 0.5) is 0 Å². The van der Waals surface area contributed by atoms with Crippen LogP contribution in [0.5, 0.6) is 0 Å². The van der Waals surface area contributed by atoms with Gasteiger partial charge in [0.25, 0.3) is 0 Å². The Kier molecular flexibility index (Phi) is 4.92. The number of likely N-dealkylation sites (tertiary alicyclic amines) is 1. The number of carbonyl (C=O) groups is 1. The van der Waals surface area contributed by atoms with Crippen LogP contribution in [-0.2, 0) is 4.79 Å². The minimum absolute atomic E-state index is 0.167. The molecule has 0 aliphatic carbocycles. The monoisotopic (exact) mass is 337 g/mol. The van der Waals surface area contributed by atoms with E-state index in [0.29, 0.717) is 13.1 Å². The quantitative estimate of drug-likeness (QED) is 0.884. The molecule has 0 bridgehead atoms. The molecule has 6 heteroatoms. The minimum Gasteiger partial charge on any atom is -0.481 e. The normalized spacial score (nSPS) is 29.3. The highest BCUT2D eigenvalue weighted by Gasteiger charge is 2.36. The molecule has 3 rings (SSSR count). The Hall–Kier alpha value is -1.14. The lowest BCUT2D eigenvalue weighted by atomic mass is 9.87. The van der Waals surface area contributed by atoms with E-state index in [1.54, 1.807) is 0 Å². The third-order valence-corrected chi connectivity index (χ3v) is 5.46. The summed E-state index contributed by atoms with van der Waals surface area (Å²) in [5.41, 5.74) is 8.39. The SMILES string of the molecule is CN1CC(N2CCCC(C(=O)O)C2)c2ccc(Cl)cc2C1CN. The van der Waals surface area contributed by atoms with E-state index in [1.807, 2.05) is 12.1 Å². The zero-order valence-corrected chi connectivity index (χ0v) is 14.2. The Morgan fingerprint density at radius 1 is 1.39 bits per heavy atom. The number of carboxylic acid groups (broad SMARTS) is 1. The molecule has 5 nitrogen and oxygen atoms in total. The average molecular weight is 338 g/mol. The number of benzene rings is 1. The molecule has 1 saturated heterocycles. The van der Waals surface area contributed by atoms with Gasteiger partial charge in [-0.3, -0.25) is 14.6 Å². The summed E-state index contributed by atoms with van der Waals surface area (Å²) in [5, 5.41) is 10.1. The van der Waals surface area contributed by atoms with Gasteiger partial charge in [0.1, 0.15) is 0 Å². The van der Waals surface area contributed by atoms with E-state index >= 15 is 0 Å². The van der Waals surface area contributed by atoms with E-state index in [0.717, 1.165) is 31.0 Å². The molecular formula is C17H24ClN3O2. The molecule has 126 valence electrons. The van der Waals surface area contributed by atoms with Gasteiger partial charge in [-0.05, 0) is 49.7 Å². The van der Waals surface area contributed by atoms with Crippen LogP contribution >= 0.6 is 11.6 Å². The number of hydrogen-bond donors (Lipinski definition) is 2. The topological polar surface area (TPSA) is 69.8 Å². The van der Waals surface area contributed by atoms with Gasteiger partial charge in [-0.15, -0.1) is 0 Å². The number of halogens is 1. The van der Waals surface area contributed by atoms with Crippen molar-refractivity contribution in [1.29, 1.82) is 0 Å². The summed E-state index contributed by atoms with van der Waals surface area (Å²) in [6, 6.07) is 6.39. The number of rotatable bonds is 3. The van der Waals surface area contributed by atoms with Crippen molar-refractivity contribution >= 4 is 17.6 Å². The van der Waals surface area contributed by atoms with Gasteiger partial charge in [-0.25, -0.2) is 0 Å². The van der Waals surface area contributed by atoms with Crippen molar-refractivity contribution in [3.05, 3.63) is 34.3 Å². The van der Waals surface area contributed by atoms with Gasteiger partial charge in [-0.2, -0.15) is 0 Å². The highest BCUT2D eigenvalue weighted by atomic mass is 35.5. The summed E-state index contributed by atoms with van der Waals surface area (Å²) in [5.74, 6) is -0.952. The Morgan fingerprint density at radius 2 is 2.17 bits per heavy atom. The van der Waals surface area contributed by atoms with E-state index < -0.39 is 5.97 Å². The predicted octanol–water partition coefficient (Wildman–Crippen LogP) is 2.12. The first kappa shape index (κ1) is 16.7. The fraction of sp³-hybridized carbons (Fsp3) is 0.588. The maximum Gasteiger partial charge on any atom is 0.307 e. The van der Waals surface area contributed by atoms with Gasteiger partial charge in [0, 0.05) is 36.7 Å². The third kappa shape index (κ3) is 3.24. The summed E-state index contributed by atoms with van der Waals surface area (Å²) in [4.78, 5) is 15.9. The predicted molar refractivity (Wildman–Crippen MR) is 90.6 cm³/mol. The van der Waals surface area contributed by atoms with Crippen LogP contribution in [0.25, 0.3) is 0 Å². The standard InChI is InChI=1S/C17H24ClN3O2/c1-20-10-16(21-6-2-3-11(9-21)17(22)23)13-5-4-12(18)7-14(13)15(20)8-19/h4-5,7,11,15-16H,2-3,6,8-10,19H2,1H3,(H,22,23). The van der Waals surface area contributed by atoms with Gasteiger partial charge in [-0.1, -0.05) is 17.7 Å². The number of carboxylic acids is 1. The Bertz CT molecular complexity index is 595. The smallest absolute Gasteiger partial charge is 0.307 e. The third-order valence-electron chi connectivity index (χ3n) is 5.23. The summed E-state index contributed by atoms with van der Waals surface area (Å²) < 4.78 is 0. The number of nitrogens with zero attached hydrogens (tertiary/aromatic N) is 2. The second-order valence-electron chi connectivity index (χ2n) is 6.65. The van der Waals surface area contributed by atoms with Crippen molar-refractivity contribution < 1.29 is 9.90 Å². The van der Waals surface area contributed by atoms with Crippen molar-refractivity contribution in [2.24, 2.45) is 11.7 Å². The Morgan fingerprint density at radius 3 is 2.87 bits per heavy atom. The van der Waals surface area contributed by atoms with Crippen molar-refractivity contribution in [2.75, 3.05) is 33.2 Å². The molecule has 0 saturated carbocycles. The molecule has 2 aliphatic rings. The highest BCUT2D eigenvalue weighted by molar-refractivity contribution is 6.30. The lowest BCUT2D eigenvalue weighted by Crippen LogP contribution is -2.48. The van der Waals surface area contributed by atoms with E-state index in [4.69, 9.17) is 17.3 Å². The van der Waals surface area contributed by atoms with E-state index in [-0.39, 0.29) is 18.0 Å². The van der Waals surface area contributed by atoms with Crippen molar-refractivity contribution in [2.45, 2.75) is 24.9 Å². The number of nitrogens with two attached hydrogens (primary N) is 1. The second-order valence-corrected chi connectivity index (χ2v) is 7.09. The number of hydrogen-bond acceptors (Lipinski definition) is 4. The molecular weight excluding hydrogens is 314 g/mol. The van der Waals surface area contributed by atoms with Gasteiger partial charge in [0.2, 0.25) is 0 Å². The van der Waals surface area contributed by atoms with Crippen LogP contribution in [0.3, 0.4) is 0 Å². The molecule has 3 N–H and O–H groups in total. The largest absolute Gasteiger partial charge is 0.481 e. The molecule has 3 unspecified atom stereocenters. The van der Waals surface area contributed by atoms with Crippen LogP contribution in [0.1, 0.15) is 36.1 Å².